The lowest BCUT2D eigenvalue weighted by molar-refractivity contribution is 0.111. The molecule has 0 fully saturated rings. The number of carbonyl (C=O) groups is 1. The maximum Gasteiger partial charge on any atom is 0.185 e. The molecule has 0 unspecified atom stereocenters. The van der Waals surface area contributed by atoms with Gasteiger partial charge in [0.05, 0.1) is 5.69 Å². The number of nitrogens with zero attached hydrogens (tertiary/aromatic N) is 2. The molecule has 0 bridgehead atoms. The number of hydrogen-bond acceptors (Lipinski definition) is 3. The first-order valence-corrected chi connectivity index (χ1v) is 4.48. The van der Waals surface area contributed by atoms with E-state index in [4.69, 9.17) is 0 Å². The summed E-state index contributed by atoms with van der Waals surface area (Å²) in [7, 11) is 1.75. The zero-order chi connectivity index (χ0) is 10.8. The first-order valence-electron chi connectivity index (χ1n) is 4.48. The summed E-state index contributed by atoms with van der Waals surface area (Å²) in [6.07, 6.45) is 2.45. The van der Waals surface area contributed by atoms with Crippen LogP contribution in [0.15, 0.2) is 30.5 Å². The van der Waals surface area contributed by atoms with Crippen LogP contribution >= 0.6 is 0 Å². The lowest BCUT2D eigenvalue weighted by atomic mass is 10.1. The number of aldehydes is 1. The number of carbonyl (C=O) groups excluding carboxylic acids is 1. The van der Waals surface area contributed by atoms with Crippen LogP contribution in [0.25, 0.3) is 11.3 Å². The molecule has 0 aliphatic heterocycles. The Labute approximate surface area is 86.8 Å². The summed E-state index contributed by atoms with van der Waals surface area (Å²) in [5.74, 6) is 0.555. The van der Waals surface area contributed by atoms with Crippen LogP contribution in [0.3, 0.4) is 0 Å². The highest BCUT2D eigenvalue weighted by atomic mass is 16.3. The van der Waals surface area contributed by atoms with Crippen molar-refractivity contribution in [1.29, 1.82) is 0 Å². The van der Waals surface area contributed by atoms with Crippen LogP contribution < -0.4 is 0 Å². The van der Waals surface area contributed by atoms with Gasteiger partial charge in [0.25, 0.3) is 0 Å². The minimum absolute atomic E-state index is 0.186. The number of hydrogen-bond donors (Lipinski definition) is 1. The van der Waals surface area contributed by atoms with Crippen molar-refractivity contribution < 1.29 is 9.90 Å². The van der Waals surface area contributed by atoms with Gasteiger partial charge in [0.15, 0.2) is 12.1 Å². The molecule has 0 aliphatic carbocycles. The molecular formula is C11H10N2O2. The van der Waals surface area contributed by atoms with Crippen LogP contribution in [0.2, 0.25) is 0 Å². The zero-order valence-electron chi connectivity index (χ0n) is 8.21. The van der Waals surface area contributed by atoms with Gasteiger partial charge in [-0.15, -0.1) is 0 Å². The van der Waals surface area contributed by atoms with E-state index in [1.165, 1.54) is 0 Å². The van der Waals surface area contributed by atoms with Crippen LogP contribution in [0.1, 0.15) is 10.6 Å². The smallest absolute Gasteiger partial charge is 0.185 e. The third-order valence-corrected chi connectivity index (χ3v) is 2.16. The zero-order valence-corrected chi connectivity index (χ0v) is 8.21. The van der Waals surface area contributed by atoms with Gasteiger partial charge in [0, 0.05) is 18.8 Å². The molecular weight excluding hydrogens is 192 g/mol. The predicted octanol–water partition coefficient (Wildman–Crippen LogP) is 1.61. The topological polar surface area (TPSA) is 55.1 Å². The van der Waals surface area contributed by atoms with Crippen LogP contribution in [-0.4, -0.2) is 20.9 Å². The molecule has 1 heterocycles. The van der Waals surface area contributed by atoms with Crippen molar-refractivity contribution in [3.63, 3.8) is 0 Å². The highest BCUT2D eigenvalue weighted by Crippen LogP contribution is 2.21. The van der Waals surface area contributed by atoms with Gasteiger partial charge in [0.2, 0.25) is 0 Å². The van der Waals surface area contributed by atoms with Gasteiger partial charge in [-0.25, -0.2) is 4.98 Å². The van der Waals surface area contributed by atoms with Crippen LogP contribution in [-0.2, 0) is 7.05 Å². The Bertz CT molecular complexity index is 503. The van der Waals surface area contributed by atoms with Crippen LogP contribution in [0, 0.1) is 0 Å². The fourth-order valence-electron chi connectivity index (χ4n) is 1.39. The summed E-state index contributed by atoms with van der Waals surface area (Å²) in [5, 5.41) is 9.30. The Morgan fingerprint density at radius 2 is 2.27 bits per heavy atom. The molecule has 0 radical (unpaired) electrons. The van der Waals surface area contributed by atoms with E-state index in [2.05, 4.69) is 4.98 Å². The molecule has 0 saturated carbocycles. The second-order valence-corrected chi connectivity index (χ2v) is 3.26. The fraction of sp³-hybridized carbons (Fsp3) is 0.0909. The Kier molecular flexibility index (Phi) is 2.25. The standard InChI is InChI=1S/C11H10N2O2/c1-13-6-10(12-11(13)7-14)8-3-2-4-9(15)5-8/h2-7,15H,1H3. The number of aromatic hydroxyl groups is 1. The van der Waals surface area contributed by atoms with E-state index in [1.54, 1.807) is 36.0 Å². The molecule has 0 atom stereocenters. The Balaban J connectivity index is 2.49. The highest BCUT2D eigenvalue weighted by molar-refractivity contribution is 5.72. The summed E-state index contributed by atoms with van der Waals surface area (Å²) in [6, 6.07) is 6.76. The molecule has 0 aliphatic rings. The summed E-state index contributed by atoms with van der Waals surface area (Å²) in [6.45, 7) is 0. The molecule has 76 valence electrons. The van der Waals surface area contributed by atoms with Crippen molar-refractivity contribution in [2.24, 2.45) is 7.05 Å². The SMILES string of the molecule is Cn1cc(-c2cccc(O)c2)nc1C=O. The fourth-order valence-corrected chi connectivity index (χ4v) is 1.39. The molecule has 0 saturated heterocycles. The van der Waals surface area contributed by atoms with E-state index in [9.17, 15) is 9.90 Å². The molecule has 4 heteroatoms. The lowest BCUT2D eigenvalue weighted by Gasteiger charge is -1.96. The van der Waals surface area contributed by atoms with E-state index in [0.717, 1.165) is 5.56 Å². The molecule has 2 aromatic rings. The van der Waals surface area contributed by atoms with E-state index in [-0.39, 0.29) is 5.75 Å². The second kappa shape index (κ2) is 3.57. The van der Waals surface area contributed by atoms with E-state index >= 15 is 0 Å². The Hall–Kier alpha value is -2.10. The summed E-state index contributed by atoms with van der Waals surface area (Å²) in [4.78, 5) is 14.7. The van der Waals surface area contributed by atoms with Gasteiger partial charge in [0.1, 0.15) is 5.75 Å². The third-order valence-electron chi connectivity index (χ3n) is 2.16. The summed E-state index contributed by atoms with van der Waals surface area (Å²) < 4.78 is 1.65. The average molecular weight is 202 g/mol. The minimum Gasteiger partial charge on any atom is -0.508 e. The molecule has 2 rings (SSSR count). The molecule has 0 spiro atoms. The predicted molar refractivity (Wildman–Crippen MR) is 55.7 cm³/mol. The first-order chi connectivity index (χ1) is 7.20. The van der Waals surface area contributed by atoms with Gasteiger partial charge in [-0.2, -0.15) is 0 Å². The van der Waals surface area contributed by atoms with Crippen molar-refractivity contribution >= 4 is 6.29 Å². The van der Waals surface area contributed by atoms with Crippen molar-refractivity contribution in [2.45, 2.75) is 0 Å². The first kappa shape index (κ1) is 9.45. The molecule has 0 amide bonds. The van der Waals surface area contributed by atoms with E-state index in [0.29, 0.717) is 17.8 Å². The molecule has 1 aromatic heterocycles. The van der Waals surface area contributed by atoms with E-state index in [1.807, 2.05) is 6.07 Å². The van der Waals surface area contributed by atoms with Gasteiger partial charge < -0.3 is 9.67 Å². The van der Waals surface area contributed by atoms with Crippen molar-refractivity contribution in [3.8, 4) is 17.0 Å². The van der Waals surface area contributed by atoms with Gasteiger partial charge in [-0.05, 0) is 12.1 Å². The van der Waals surface area contributed by atoms with Gasteiger partial charge in [-0.1, -0.05) is 12.1 Å². The number of imidazole rings is 1. The second-order valence-electron chi connectivity index (χ2n) is 3.26. The largest absolute Gasteiger partial charge is 0.508 e. The molecule has 1 aromatic carbocycles. The molecule has 1 N–H and O–H groups in total. The number of phenolic OH excluding ortho intramolecular Hbond substituents is 1. The number of aryl methyl sites for hydroxylation is 1. The van der Waals surface area contributed by atoms with Crippen molar-refractivity contribution in [3.05, 3.63) is 36.3 Å². The number of aromatic nitrogens is 2. The van der Waals surface area contributed by atoms with Crippen molar-refractivity contribution in [2.75, 3.05) is 0 Å². The maximum atomic E-state index is 10.6. The van der Waals surface area contributed by atoms with Crippen LogP contribution in [0.5, 0.6) is 5.75 Å². The summed E-state index contributed by atoms with van der Waals surface area (Å²) in [5.41, 5.74) is 1.47. The van der Waals surface area contributed by atoms with Gasteiger partial charge in [-0.3, -0.25) is 4.79 Å². The normalized spacial score (nSPS) is 10.2. The minimum atomic E-state index is 0.186. The number of rotatable bonds is 2. The Morgan fingerprint density at radius 3 is 2.87 bits per heavy atom. The Morgan fingerprint density at radius 1 is 1.47 bits per heavy atom. The molecule has 15 heavy (non-hydrogen) atoms. The highest BCUT2D eigenvalue weighted by Gasteiger charge is 2.06. The third kappa shape index (κ3) is 1.74. The van der Waals surface area contributed by atoms with E-state index < -0.39 is 0 Å². The van der Waals surface area contributed by atoms with Crippen LogP contribution in [0.4, 0.5) is 0 Å². The van der Waals surface area contributed by atoms with Gasteiger partial charge >= 0.3 is 0 Å². The monoisotopic (exact) mass is 202 g/mol. The summed E-state index contributed by atoms with van der Waals surface area (Å²) >= 11 is 0. The average Bonchev–Trinajstić information content (AvgIpc) is 2.60. The lowest BCUT2D eigenvalue weighted by Crippen LogP contribution is -1.92. The number of benzene rings is 1. The number of phenols is 1. The van der Waals surface area contributed by atoms with Crippen molar-refractivity contribution in [1.82, 2.24) is 9.55 Å². The molecule has 4 nitrogen and oxygen atoms in total. The maximum absolute atomic E-state index is 10.6. The quantitative estimate of drug-likeness (QED) is 0.752.